The lowest BCUT2D eigenvalue weighted by Gasteiger charge is -2.09. The summed E-state index contributed by atoms with van der Waals surface area (Å²) < 4.78 is 4.88. The van der Waals surface area contributed by atoms with E-state index >= 15 is 0 Å². The highest BCUT2D eigenvalue weighted by atomic mass is 32.2. The fraction of sp³-hybridized carbons (Fsp3) is 0.267. The van der Waals surface area contributed by atoms with Gasteiger partial charge in [-0.05, 0) is 18.2 Å². The van der Waals surface area contributed by atoms with Gasteiger partial charge >= 0.3 is 0 Å². The Balaban J connectivity index is 1.63. The van der Waals surface area contributed by atoms with Gasteiger partial charge in [0.1, 0.15) is 0 Å². The number of hydrogen-bond acceptors (Lipinski definition) is 4. The summed E-state index contributed by atoms with van der Waals surface area (Å²) in [6, 6.07) is 11.6. The molecule has 1 aromatic carbocycles. The average Bonchev–Trinajstić information content (AvgIpc) is 3.00. The summed E-state index contributed by atoms with van der Waals surface area (Å²) in [5.41, 5.74) is 0.670. The molecule has 0 radical (unpaired) electrons. The summed E-state index contributed by atoms with van der Waals surface area (Å²) >= 11 is 1.64. The average molecular weight is 291 g/mol. The molecule has 1 amide bonds. The van der Waals surface area contributed by atoms with E-state index in [1.54, 1.807) is 17.8 Å². The Kier molecular flexibility index (Phi) is 5.70. The van der Waals surface area contributed by atoms with E-state index in [1.165, 1.54) is 12.5 Å². The molecular weight excluding hydrogens is 274 g/mol. The van der Waals surface area contributed by atoms with Gasteiger partial charge in [0.05, 0.1) is 18.6 Å². The highest BCUT2D eigenvalue weighted by Gasteiger charge is 2.10. The number of amides is 1. The number of benzene rings is 1. The second-order valence-corrected chi connectivity index (χ2v) is 5.46. The summed E-state index contributed by atoms with van der Waals surface area (Å²) in [7, 11) is 0. The molecule has 106 valence electrons. The van der Waals surface area contributed by atoms with E-state index in [4.69, 9.17) is 4.42 Å². The lowest BCUT2D eigenvalue weighted by Crippen LogP contribution is -2.28. The molecule has 2 rings (SSSR count). The predicted molar refractivity (Wildman–Crippen MR) is 78.5 cm³/mol. The quantitative estimate of drug-likeness (QED) is 0.770. The first-order valence-corrected chi connectivity index (χ1v) is 7.39. The highest BCUT2D eigenvalue weighted by Crippen LogP contribution is 2.17. The van der Waals surface area contributed by atoms with Gasteiger partial charge in [0.25, 0.3) is 0 Å². The van der Waals surface area contributed by atoms with E-state index in [9.17, 15) is 9.90 Å². The molecule has 0 saturated carbocycles. The fourth-order valence-electron chi connectivity index (χ4n) is 1.66. The molecule has 5 heteroatoms. The van der Waals surface area contributed by atoms with E-state index < -0.39 is 6.10 Å². The van der Waals surface area contributed by atoms with Crippen LogP contribution in [0, 0.1) is 0 Å². The zero-order chi connectivity index (χ0) is 14.2. The van der Waals surface area contributed by atoms with Gasteiger partial charge in [-0.3, -0.25) is 4.79 Å². The molecule has 0 fully saturated rings. The number of thioether (sulfide) groups is 1. The molecule has 1 atom stereocenters. The van der Waals surface area contributed by atoms with E-state index in [2.05, 4.69) is 5.32 Å². The molecular formula is C15H17NO3S. The number of nitrogens with one attached hydrogen (secondary N) is 1. The summed E-state index contributed by atoms with van der Waals surface area (Å²) in [6.45, 7) is 0.203. The smallest absolute Gasteiger partial charge is 0.220 e. The zero-order valence-corrected chi connectivity index (χ0v) is 11.8. The summed E-state index contributed by atoms with van der Waals surface area (Å²) in [4.78, 5) is 12.8. The third-order valence-electron chi connectivity index (χ3n) is 2.76. The van der Waals surface area contributed by atoms with Gasteiger partial charge in [-0.2, -0.15) is 0 Å². The molecule has 2 N–H and O–H groups in total. The van der Waals surface area contributed by atoms with Gasteiger partial charge in [0.15, 0.2) is 0 Å². The first kappa shape index (κ1) is 14.7. The number of hydrogen-bond donors (Lipinski definition) is 2. The first-order valence-electron chi connectivity index (χ1n) is 6.40. The van der Waals surface area contributed by atoms with Crippen molar-refractivity contribution in [3.8, 4) is 0 Å². The maximum Gasteiger partial charge on any atom is 0.220 e. The normalized spacial score (nSPS) is 12.1. The molecule has 0 unspecified atom stereocenters. The Labute approximate surface area is 122 Å². The van der Waals surface area contributed by atoms with E-state index in [0.29, 0.717) is 12.0 Å². The number of rotatable bonds is 7. The topological polar surface area (TPSA) is 62.5 Å². The monoisotopic (exact) mass is 291 g/mol. The van der Waals surface area contributed by atoms with Gasteiger partial charge in [-0.15, -0.1) is 11.8 Å². The zero-order valence-electron chi connectivity index (χ0n) is 11.0. The minimum Gasteiger partial charge on any atom is -0.472 e. The Morgan fingerprint density at radius 1 is 1.30 bits per heavy atom. The van der Waals surface area contributed by atoms with Crippen molar-refractivity contribution in [3.05, 3.63) is 54.5 Å². The van der Waals surface area contributed by atoms with E-state index in [-0.39, 0.29) is 12.5 Å². The maximum atomic E-state index is 11.6. The van der Waals surface area contributed by atoms with Gasteiger partial charge in [0, 0.05) is 29.2 Å². The molecule has 0 aliphatic carbocycles. The van der Waals surface area contributed by atoms with Crippen molar-refractivity contribution in [1.29, 1.82) is 0 Å². The van der Waals surface area contributed by atoms with Crippen LogP contribution in [0.5, 0.6) is 0 Å². The number of aliphatic hydroxyl groups excluding tert-OH is 1. The lowest BCUT2D eigenvalue weighted by atomic mass is 10.2. The molecule has 0 aliphatic rings. The van der Waals surface area contributed by atoms with Crippen molar-refractivity contribution in [1.82, 2.24) is 5.32 Å². The van der Waals surface area contributed by atoms with Crippen LogP contribution in [0.3, 0.4) is 0 Å². The van der Waals surface area contributed by atoms with Crippen LogP contribution in [0.25, 0.3) is 0 Å². The first-order chi connectivity index (χ1) is 9.75. The van der Waals surface area contributed by atoms with Crippen molar-refractivity contribution in [2.45, 2.75) is 17.4 Å². The van der Waals surface area contributed by atoms with Crippen LogP contribution < -0.4 is 5.32 Å². The minimum absolute atomic E-state index is 0.0593. The van der Waals surface area contributed by atoms with Crippen LogP contribution in [0.4, 0.5) is 0 Å². The van der Waals surface area contributed by atoms with Crippen molar-refractivity contribution in [2.75, 3.05) is 12.3 Å². The van der Waals surface area contributed by atoms with Crippen molar-refractivity contribution in [2.24, 2.45) is 0 Å². The molecule has 1 aromatic heterocycles. The van der Waals surface area contributed by atoms with Crippen LogP contribution in [0.1, 0.15) is 18.1 Å². The van der Waals surface area contributed by atoms with Crippen LogP contribution in [-0.4, -0.2) is 23.3 Å². The maximum absolute atomic E-state index is 11.6. The summed E-state index contributed by atoms with van der Waals surface area (Å²) in [6.07, 6.45) is 2.68. The molecule has 0 bridgehead atoms. The third-order valence-corrected chi connectivity index (χ3v) is 3.78. The molecule has 2 aromatic rings. The number of furan rings is 1. The third kappa shape index (κ3) is 4.75. The molecule has 20 heavy (non-hydrogen) atoms. The second-order valence-electron chi connectivity index (χ2n) is 4.29. The van der Waals surface area contributed by atoms with Gasteiger partial charge < -0.3 is 14.8 Å². The summed E-state index contributed by atoms with van der Waals surface area (Å²) in [5.74, 6) is 0.661. The van der Waals surface area contributed by atoms with Crippen molar-refractivity contribution < 1.29 is 14.3 Å². The number of carbonyl (C=O) groups is 1. The fourth-order valence-corrected chi connectivity index (χ4v) is 2.53. The standard InChI is InChI=1S/C15H17NO3S/c17-14(12-6-8-19-11-12)10-16-15(18)7-9-20-13-4-2-1-3-5-13/h1-6,8,11,14,17H,7,9-10H2,(H,16,18)/t14-/m1/s1. The van der Waals surface area contributed by atoms with Crippen molar-refractivity contribution >= 4 is 17.7 Å². The molecule has 4 nitrogen and oxygen atoms in total. The molecule has 0 saturated heterocycles. The lowest BCUT2D eigenvalue weighted by molar-refractivity contribution is -0.121. The molecule has 0 aliphatic heterocycles. The van der Waals surface area contributed by atoms with Crippen molar-refractivity contribution in [3.63, 3.8) is 0 Å². The Morgan fingerprint density at radius 3 is 2.80 bits per heavy atom. The largest absolute Gasteiger partial charge is 0.472 e. The van der Waals surface area contributed by atoms with Crippen LogP contribution in [0.2, 0.25) is 0 Å². The SMILES string of the molecule is O=C(CCSc1ccccc1)NC[C@@H](O)c1ccoc1. The summed E-state index contributed by atoms with van der Waals surface area (Å²) in [5, 5.41) is 12.5. The minimum atomic E-state index is -0.723. The van der Waals surface area contributed by atoms with E-state index in [0.717, 1.165) is 10.6 Å². The second kappa shape index (κ2) is 7.77. The Morgan fingerprint density at radius 2 is 2.10 bits per heavy atom. The Hall–Kier alpha value is -1.72. The van der Waals surface area contributed by atoms with Gasteiger partial charge in [-0.25, -0.2) is 0 Å². The van der Waals surface area contributed by atoms with Crippen LogP contribution >= 0.6 is 11.8 Å². The Bertz CT molecular complexity index is 513. The van der Waals surface area contributed by atoms with E-state index in [1.807, 2.05) is 30.3 Å². The van der Waals surface area contributed by atoms with Gasteiger partial charge in [0.2, 0.25) is 5.91 Å². The number of aliphatic hydroxyl groups is 1. The van der Waals surface area contributed by atoms with Crippen LogP contribution in [-0.2, 0) is 4.79 Å². The van der Waals surface area contributed by atoms with Crippen LogP contribution in [0.15, 0.2) is 58.2 Å². The predicted octanol–water partition coefficient (Wildman–Crippen LogP) is 2.61. The molecule has 1 heterocycles. The molecule has 0 spiro atoms. The van der Waals surface area contributed by atoms with Gasteiger partial charge in [-0.1, -0.05) is 18.2 Å². The highest BCUT2D eigenvalue weighted by molar-refractivity contribution is 7.99. The number of carbonyl (C=O) groups excluding carboxylic acids is 1.